The van der Waals surface area contributed by atoms with Crippen LogP contribution in [0.3, 0.4) is 0 Å². The molecule has 0 aliphatic rings. The van der Waals surface area contributed by atoms with Gasteiger partial charge in [-0.15, -0.1) is 10.2 Å². The number of anilines is 1. The number of carbonyl (C=O) groups is 1. The van der Waals surface area contributed by atoms with Crippen LogP contribution in [0, 0.1) is 10.1 Å². The van der Waals surface area contributed by atoms with Crippen molar-refractivity contribution < 1.29 is 9.72 Å². The predicted octanol–water partition coefficient (Wildman–Crippen LogP) is 4.65. The first kappa shape index (κ1) is 22.2. The molecular weight excluding hydrogens is 475 g/mol. The molecule has 0 fully saturated rings. The molecule has 3 N–H and O–H groups in total. The van der Waals surface area contributed by atoms with Crippen LogP contribution < -0.4 is 11.2 Å². The summed E-state index contributed by atoms with van der Waals surface area (Å²) in [4.78, 5) is 22.9. The molecule has 1 unspecified atom stereocenters. The van der Waals surface area contributed by atoms with Gasteiger partial charge in [-0.25, -0.2) is 4.68 Å². The molecule has 30 heavy (non-hydrogen) atoms. The molecule has 0 radical (unpaired) electrons. The zero-order valence-electron chi connectivity index (χ0n) is 15.2. The predicted molar refractivity (Wildman–Crippen MR) is 118 cm³/mol. The Bertz CT molecular complexity index is 1140. The van der Waals surface area contributed by atoms with Crippen molar-refractivity contribution in [2.24, 2.45) is 0 Å². The Hall–Kier alpha value is -2.53. The van der Waals surface area contributed by atoms with Crippen LogP contribution >= 0.6 is 46.6 Å². The van der Waals surface area contributed by atoms with Gasteiger partial charge in [0.05, 0.1) is 25.9 Å². The van der Waals surface area contributed by atoms with E-state index < -0.39 is 16.1 Å². The van der Waals surface area contributed by atoms with Gasteiger partial charge in [0, 0.05) is 22.7 Å². The van der Waals surface area contributed by atoms with Crippen molar-refractivity contribution in [3.63, 3.8) is 0 Å². The highest BCUT2D eigenvalue weighted by Crippen LogP contribution is 2.32. The average molecular weight is 488 g/mol. The molecule has 0 spiro atoms. The Balaban J connectivity index is 1.77. The van der Waals surface area contributed by atoms with Crippen LogP contribution in [0.25, 0.3) is 11.4 Å². The molecule has 156 valence electrons. The maximum absolute atomic E-state index is 12.5. The lowest BCUT2D eigenvalue weighted by Crippen LogP contribution is -2.24. The highest BCUT2D eigenvalue weighted by atomic mass is 35.5. The molecule has 0 aliphatic heterocycles. The van der Waals surface area contributed by atoms with E-state index in [9.17, 15) is 14.9 Å². The van der Waals surface area contributed by atoms with Gasteiger partial charge in [-0.2, -0.15) is 0 Å². The third-order valence-corrected chi connectivity index (χ3v) is 5.85. The van der Waals surface area contributed by atoms with E-state index in [1.807, 2.05) is 0 Å². The number of aromatic nitrogens is 3. The summed E-state index contributed by atoms with van der Waals surface area (Å²) in [6.45, 7) is 1.62. The van der Waals surface area contributed by atoms with E-state index in [1.165, 1.54) is 22.9 Å². The number of hydrogen-bond donors (Lipinski definition) is 2. The van der Waals surface area contributed by atoms with Crippen molar-refractivity contribution in [1.29, 1.82) is 0 Å². The Morgan fingerprint density at radius 3 is 2.60 bits per heavy atom. The summed E-state index contributed by atoms with van der Waals surface area (Å²) < 4.78 is 1.20. The zero-order chi connectivity index (χ0) is 22.0. The van der Waals surface area contributed by atoms with Crippen molar-refractivity contribution in [3.8, 4) is 11.4 Å². The Morgan fingerprint density at radius 2 is 1.90 bits per heavy atom. The molecule has 13 heteroatoms. The standard InChI is InChI=1S/C17H13Cl3N6O3S/c1-8(16(27)22-14-7-10(26(28)29)3-5-13(14)20)30-17-24-23-15(25(17)21)11-6-9(18)2-4-12(11)19/h2-8H,21H2,1H3,(H,22,27). The number of thioether (sulfide) groups is 1. The minimum Gasteiger partial charge on any atom is -0.335 e. The van der Waals surface area contributed by atoms with Gasteiger partial charge >= 0.3 is 0 Å². The highest BCUT2D eigenvalue weighted by molar-refractivity contribution is 8.00. The van der Waals surface area contributed by atoms with Gasteiger partial charge in [-0.1, -0.05) is 46.6 Å². The van der Waals surface area contributed by atoms with E-state index in [0.717, 1.165) is 11.8 Å². The van der Waals surface area contributed by atoms with Gasteiger partial charge in [-0.05, 0) is 31.2 Å². The second kappa shape index (κ2) is 9.09. The smallest absolute Gasteiger partial charge is 0.271 e. The van der Waals surface area contributed by atoms with Gasteiger partial charge in [-0.3, -0.25) is 14.9 Å². The van der Waals surface area contributed by atoms with Gasteiger partial charge in [0.1, 0.15) is 0 Å². The second-order valence-electron chi connectivity index (χ2n) is 5.97. The summed E-state index contributed by atoms with van der Waals surface area (Å²) in [6, 6.07) is 8.61. The third-order valence-electron chi connectivity index (χ3n) is 3.90. The van der Waals surface area contributed by atoms with Crippen LogP contribution in [0.1, 0.15) is 6.92 Å². The van der Waals surface area contributed by atoms with Gasteiger partial charge in [0.25, 0.3) is 5.69 Å². The number of nitrogens with two attached hydrogens (primary N) is 1. The highest BCUT2D eigenvalue weighted by Gasteiger charge is 2.22. The van der Waals surface area contributed by atoms with Crippen LogP contribution in [-0.4, -0.2) is 31.0 Å². The van der Waals surface area contributed by atoms with Crippen molar-refractivity contribution in [1.82, 2.24) is 14.9 Å². The fraction of sp³-hybridized carbons (Fsp3) is 0.118. The van der Waals surface area contributed by atoms with Crippen molar-refractivity contribution >= 4 is 63.8 Å². The van der Waals surface area contributed by atoms with Crippen LogP contribution in [0.15, 0.2) is 41.6 Å². The number of halogens is 3. The van der Waals surface area contributed by atoms with Crippen LogP contribution in [0.5, 0.6) is 0 Å². The molecule has 9 nitrogen and oxygen atoms in total. The number of nitro benzene ring substituents is 1. The molecule has 1 aromatic heterocycles. The maximum atomic E-state index is 12.5. The fourth-order valence-electron chi connectivity index (χ4n) is 2.38. The largest absolute Gasteiger partial charge is 0.335 e. The van der Waals surface area contributed by atoms with Crippen LogP contribution in [0.4, 0.5) is 11.4 Å². The summed E-state index contributed by atoms with van der Waals surface area (Å²) in [5.41, 5.74) is 0.426. The number of rotatable bonds is 6. The normalized spacial score (nSPS) is 11.9. The molecule has 0 saturated heterocycles. The molecule has 3 rings (SSSR count). The molecule has 0 saturated carbocycles. The first-order chi connectivity index (χ1) is 14.2. The summed E-state index contributed by atoms with van der Waals surface area (Å²) in [5.74, 6) is 5.90. The van der Waals surface area contributed by atoms with Crippen molar-refractivity contribution in [3.05, 3.63) is 61.6 Å². The zero-order valence-corrected chi connectivity index (χ0v) is 18.3. The second-order valence-corrected chi connectivity index (χ2v) is 8.53. The van der Waals surface area contributed by atoms with E-state index in [-0.39, 0.29) is 27.4 Å². The minimum absolute atomic E-state index is 0.129. The summed E-state index contributed by atoms with van der Waals surface area (Å²) in [6.07, 6.45) is 0. The Labute approximate surface area is 189 Å². The van der Waals surface area contributed by atoms with Crippen molar-refractivity contribution in [2.45, 2.75) is 17.3 Å². The number of nitrogens with zero attached hydrogens (tertiary/aromatic N) is 4. The molecule has 3 aromatic rings. The Morgan fingerprint density at radius 1 is 1.20 bits per heavy atom. The number of hydrogen-bond acceptors (Lipinski definition) is 7. The van der Waals surface area contributed by atoms with E-state index in [2.05, 4.69) is 15.5 Å². The van der Waals surface area contributed by atoms with Gasteiger partial charge in [0.15, 0.2) is 5.82 Å². The minimum atomic E-state index is -0.672. The first-order valence-electron chi connectivity index (χ1n) is 8.24. The van der Waals surface area contributed by atoms with Crippen molar-refractivity contribution in [2.75, 3.05) is 11.2 Å². The van der Waals surface area contributed by atoms with E-state index in [4.69, 9.17) is 40.6 Å². The lowest BCUT2D eigenvalue weighted by molar-refractivity contribution is -0.384. The third kappa shape index (κ3) is 4.78. The molecular formula is C17H13Cl3N6O3S. The SMILES string of the molecule is CC(Sc1nnc(-c2cc(Cl)ccc2Cl)n1N)C(=O)Nc1cc([N+](=O)[O-])ccc1Cl. The molecule has 1 heterocycles. The lowest BCUT2D eigenvalue weighted by atomic mass is 10.2. The number of nitrogen functional groups attached to an aromatic ring is 1. The van der Waals surface area contributed by atoms with Crippen LogP contribution in [-0.2, 0) is 4.79 Å². The number of carbonyl (C=O) groups excluding carboxylic acids is 1. The van der Waals surface area contributed by atoms with Gasteiger partial charge in [0.2, 0.25) is 11.1 Å². The fourth-order valence-corrected chi connectivity index (χ4v) is 3.69. The van der Waals surface area contributed by atoms with Crippen LogP contribution in [0.2, 0.25) is 15.1 Å². The summed E-state index contributed by atoms with van der Waals surface area (Å²) >= 11 is 19.2. The Kier molecular flexibility index (Phi) is 6.71. The summed E-state index contributed by atoms with van der Waals surface area (Å²) in [7, 11) is 0. The van der Waals surface area contributed by atoms with E-state index in [0.29, 0.717) is 15.6 Å². The average Bonchev–Trinajstić information content (AvgIpc) is 3.05. The molecule has 1 amide bonds. The lowest BCUT2D eigenvalue weighted by Gasteiger charge is -2.12. The first-order valence-corrected chi connectivity index (χ1v) is 10.3. The van der Waals surface area contributed by atoms with E-state index >= 15 is 0 Å². The summed E-state index contributed by atoms with van der Waals surface area (Å²) in [5, 5.41) is 22.1. The number of amides is 1. The number of benzene rings is 2. The number of nitrogens with one attached hydrogen (secondary N) is 1. The topological polar surface area (TPSA) is 129 Å². The maximum Gasteiger partial charge on any atom is 0.271 e. The quantitative estimate of drug-likeness (QED) is 0.224. The molecule has 0 bridgehead atoms. The van der Waals surface area contributed by atoms with E-state index in [1.54, 1.807) is 25.1 Å². The van der Waals surface area contributed by atoms with Gasteiger partial charge < -0.3 is 11.2 Å². The molecule has 2 aromatic carbocycles. The molecule has 1 atom stereocenters. The molecule has 0 aliphatic carbocycles. The monoisotopic (exact) mass is 486 g/mol. The number of nitro groups is 1. The number of non-ortho nitro benzene ring substituents is 1.